The molecule has 1 heterocycles. The Morgan fingerprint density at radius 2 is 2.11 bits per heavy atom. The number of aryl methyl sites for hydroxylation is 1. The zero-order valence-electron chi connectivity index (χ0n) is 11.4. The highest BCUT2D eigenvalue weighted by Crippen LogP contribution is 2.23. The summed E-state index contributed by atoms with van der Waals surface area (Å²) in [5, 5.41) is 12.9. The highest BCUT2D eigenvalue weighted by Gasteiger charge is 2.15. The fraction of sp³-hybridized carbons (Fsp3) is 0.667. The van der Waals surface area contributed by atoms with Crippen molar-refractivity contribution in [2.45, 2.75) is 33.7 Å². The Morgan fingerprint density at radius 3 is 2.56 bits per heavy atom. The van der Waals surface area contributed by atoms with E-state index in [0.29, 0.717) is 15.7 Å². The van der Waals surface area contributed by atoms with Crippen LogP contribution < -0.4 is 5.32 Å². The Labute approximate surface area is 112 Å². The minimum atomic E-state index is -0.908. The molecule has 0 aliphatic heterocycles. The number of hydrogen-bond acceptors (Lipinski definition) is 5. The predicted molar refractivity (Wildman–Crippen MR) is 74.7 cm³/mol. The van der Waals surface area contributed by atoms with E-state index in [1.807, 2.05) is 0 Å². The number of carbonyl (C=O) groups is 1. The molecule has 0 saturated carbocycles. The van der Waals surface area contributed by atoms with E-state index in [1.165, 1.54) is 11.3 Å². The van der Waals surface area contributed by atoms with Crippen molar-refractivity contribution in [2.75, 3.05) is 25.0 Å². The largest absolute Gasteiger partial charge is 0.477 e. The first-order chi connectivity index (χ1) is 8.47. The quantitative estimate of drug-likeness (QED) is 0.796. The molecule has 0 bridgehead atoms. The van der Waals surface area contributed by atoms with E-state index in [4.69, 9.17) is 5.11 Å². The maximum Gasteiger partial charge on any atom is 0.347 e. The van der Waals surface area contributed by atoms with Crippen LogP contribution in [0, 0.1) is 6.92 Å². The molecule has 0 spiro atoms. The van der Waals surface area contributed by atoms with Crippen LogP contribution in [0.25, 0.3) is 0 Å². The average Bonchev–Trinajstić information content (AvgIpc) is 2.67. The third-order valence-corrected chi connectivity index (χ3v) is 3.86. The Bertz CT molecular complexity index is 402. The summed E-state index contributed by atoms with van der Waals surface area (Å²) >= 11 is 1.20. The summed E-state index contributed by atoms with van der Waals surface area (Å²) in [4.78, 5) is 17.8. The lowest BCUT2D eigenvalue weighted by atomic mass is 10.3. The average molecular weight is 271 g/mol. The summed E-state index contributed by atoms with van der Waals surface area (Å²) in [7, 11) is 0. The summed E-state index contributed by atoms with van der Waals surface area (Å²) in [6.07, 6.45) is 0. The molecule has 1 rings (SSSR count). The van der Waals surface area contributed by atoms with Crippen LogP contribution in [0.1, 0.15) is 36.1 Å². The van der Waals surface area contributed by atoms with E-state index < -0.39 is 5.97 Å². The van der Waals surface area contributed by atoms with Crippen molar-refractivity contribution in [3.63, 3.8) is 0 Å². The lowest BCUT2D eigenvalue weighted by Crippen LogP contribution is -2.34. The molecule has 18 heavy (non-hydrogen) atoms. The number of carboxylic acids is 1. The lowest BCUT2D eigenvalue weighted by Gasteiger charge is -2.23. The molecule has 5 nitrogen and oxygen atoms in total. The predicted octanol–water partition coefficient (Wildman–Crippen LogP) is 2.29. The summed E-state index contributed by atoms with van der Waals surface area (Å²) in [5.41, 5.74) is 0.574. The number of rotatable bonds is 7. The second kappa shape index (κ2) is 6.70. The second-order valence-corrected chi connectivity index (χ2v) is 5.27. The summed E-state index contributed by atoms with van der Waals surface area (Å²) in [6, 6.07) is 0.247. The number of anilines is 1. The van der Waals surface area contributed by atoms with Crippen LogP contribution >= 0.6 is 11.3 Å². The number of nitrogens with one attached hydrogen (secondary N) is 1. The summed E-state index contributed by atoms with van der Waals surface area (Å²) < 4.78 is 0. The van der Waals surface area contributed by atoms with E-state index in [1.54, 1.807) is 6.92 Å². The van der Waals surface area contributed by atoms with E-state index in [-0.39, 0.29) is 6.04 Å². The Hall–Kier alpha value is -1.14. The SMILES string of the molecule is CCN(CC)CC(C)Nc1nc(C)c(C(=O)O)s1. The second-order valence-electron chi connectivity index (χ2n) is 4.27. The van der Waals surface area contributed by atoms with E-state index in [9.17, 15) is 4.79 Å². The number of hydrogen-bond donors (Lipinski definition) is 2. The normalized spacial score (nSPS) is 12.7. The Kier molecular flexibility index (Phi) is 5.55. The van der Waals surface area contributed by atoms with Gasteiger partial charge in [0, 0.05) is 12.6 Å². The van der Waals surface area contributed by atoms with Gasteiger partial charge in [-0.2, -0.15) is 0 Å². The first-order valence-electron chi connectivity index (χ1n) is 6.17. The van der Waals surface area contributed by atoms with Crippen molar-refractivity contribution >= 4 is 22.4 Å². The van der Waals surface area contributed by atoms with Crippen molar-refractivity contribution in [3.8, 4) is 0 Å². The van der Waals surface area contributed by atoms with Gasteiger partial charge in [-0.25, -0.2) is 9.78 Å². The third kappa shape index (κ3) is 3.96. The molecule has 0 aliphatic rings. The molecule has 0 amide bonds. The molecule has 0 radical (unpaired) electrons. The zero-order chi connectivity index (χ0) is 13.7. The highest BCUT2D eigenvalue weighted by molar-refractivity contribution is 7.17. The molecule has 0 saturated heterocycles. The molecule has 2 N–H and O–H groups in total. The summed E-state index contributed by atoms with van der Waals surface area (Å²) in [6.45, 7) is 11.0. The third-order valence-electron chi connectivity index (χ3n) is 2.79. The lowest BCUT2D eigenvalue weighted by molar-refractivity contribution is 0.0701. The zero-order valence-corrected chi connectivity index (χ0v) is 12.2. The van der Waals surface area contributed by atoms with Gasteiger partial charge >= 0.3 is 5.97 Å². The highest BCUT2D eigenvalue weighted by atomic mass is 32.1. The van der Waals surface area contributed by atoms with E-state index in [0.717, 1.165) is 19.6 Å². The van der Waals surface area contributed by atoms with Crippen LogP contribution in [-0.4, -0.2) is 46.6 Å². The molecule has 0 fully saturated rings. The maximum atomic E-state index is 10.9. The van der Waals surface area contributed by atoms with Gasteiger partial charge in [0.2, 0.25) is 0 Å². The number of carboxylic acid groups (broad SMARTS) is 1. The molecule has 1 atom stereocenters. The van der Waals surface area contributed by atoms with Crippen LogP contribution in [0.5, 0.6) is 0 Å². The number of nitrogens with zero attached hydrogens (tertiary/aromatic N) is 2. The van der Waals surface area contributed by atoms with Crippen LogP contribution in [0.3, 0.4) is 0 Å². The van der Waals surface area contributed by atoms with Crippen LogP contribution in [0.15, 0.2) is 0 Å². The van der Waals surface area contributed by atoms with Crippen molar-refractivity contribution < 1.29 is 9.90 Å². The molecular formula is C12H21N3O2S. The Morgan fingerprint density at radius 1 is 1.50 bits per heavy atom. The van der Waals surface area contributed by atoms with Crippen LogP contribution in [0.4, 0.5) is 5.13 Å². The topological polar surface area (TPSA) is 65.5 Å². The fourth-order valence-electron chi connectivity index (χ4n) is 1.78. The van der Waals surface area contributed by atoms with Crippen LogP contribution in [-0.2, 0) is 0 Å². The molecular weight excluding hydrogens is 250 g/mol. The first-order valence-corrected chi connectivity index (χ1v) is 6.99. The van der Waals surface area contributed by atoms with Gasteiger partial charge in [0.15, 0.2) is 5.13 Å². The first kappa shape index (κ1) is 14.9. The van der Waals surface area contributed by atoms with Gasteiger partial charge in [0.05, 0.1) is 5.69 Å². The molecule has 0 aliphatic carbocycles. The van der Waals surface area contributed by atoms with E-state index >= 15 is 0 Å². The van der Waals surface area contributed by atoms with Gasteiger partial charge < -0.3 is 15.3 Å². The van der Waals surface area contributed by atoms with Gasteiger partial charge in [-0.15, -0.1) is 0 Å². The molecule has 1 aromatic heterocycles. The van der Waals surface area contributed by atoms with Gasteiger partial charge in [0.25, 0.3) is 0 Å². The number of likely N-dealkylation sites (N-methyl/N-ethyl adjacent to an activating group) is 1. The smallest absolute Gasteiger partial charge is 0.347 e. The number of aromatic nitrogens is 1. The minimum absolute atomic E-state index is 0.247. The van der Waals surface area contributed by atoms with Gasteiger partial charge in [-0.3, -0.25) is 0 Å². The van der Waals surface area contributed by atoms with Gasteiger partial charge in [-0.05, 0) is 26.9 Å². The van der Waals surface area contributed by atoms with Gasteiger partial charge in [-0.1, -0.05) is 25.2 Å². The van der Waals surface area contributed by atoms with Crippen molar-refractivity contribution in [1.82, 2.24) is 9.88 Å². The molecule has 1 unspecified atom stereocenters. The fourth-order valence-corrected chi connectivity index (χ4v) is 2.70. The minimum Gasteiger partial charge on any atom is -0.477 e. The van der Waals surface area contributed by atoms with Crippen molar-refractivity contribution in [2.24, 2.45) is 0 Å². The Balaban J connectivity index is 2.62. The van der Waals surface area contributed by atoms with Crippen molar-refractivity contribution in [3.05, 3.63) is 10.6 Å². The van der Waals surface area contributed by atoms with Crippen molar-refractivity contribution in [1.29, 1.82) is 0 Å². The van der Waals surface area contributed by atoms with Gasteiger partial charge in [0.1, 0.15) is 4.88 Å². The molecule has 1 aromatic rings. The maximum absolute atomic E-state index is 10.9. The number of aromatic carboxylic acids is 1. The standard InChI is InChI=1S/C12H21N3O2S/c1-5-15(6-2)7-8(3)13-12-14-9(4)10(18-12)11(16)17/h8H,5-7H2,1-4H3,(H,13,14)(H,16,17). The van der Waals surface area contributed by atoms with Crippen LogP contribution in [0.2, 0.25) is 0 Å². The molecule has 102 valence electrons. The van der Waals surface area contributed by atoms with E-state index in [2.05, 4.69) is 36.0 Å². The monoisotopic (exact) mass is 271 g/mol. The molecule has 0 aromatic carbocycles. The summed E-state index contributed by atoms with van der Waals surface area (Å²) in [5.74, 6) is -0.908. The molecule has 6 heteroatoms. The number of thiazole rings is 1.